The lowest BCUT2D eigenvalue weighted by atomic mass is 9.97. The number of nitrogens with zero attached hydrogens (tertiary/aromatic N) is 2. The summed E-state index contributed by atoms with van der Waals surface area (Å²) in [5, 5.41) is 7.23. The van der Waals surface area contributed by atoms with E-state index in [1.165, 1.54) is 60.5 Å². The molecule has 12 rings (SSSR count). The Bertz CT molecular complexity index is 3530. The van der Waals surface area contributed by atoms with E-state index < -0.39 is 0 Å². The zero-order valence-electron chi connectivity index (χ0n) is 33.2. The maximum atomic E-state index is 6.41. The second-order valence-corrected chi connectivity index (χ2v) is 15.7. The third kappa shape index (κ3) is 5.90. The molecule has 0 saturated heterocycles. The van der Waals surface area contributed by atoms with Gasteiger partial charge in [0.15, 0.2) is 0 Å². The van der Waals surface area contributed by atoms with E-state index in [0.717, 1.165) is 50.1 Å². The van der Waals surface area contributed by atoms with E-state index in [2.05, 4.69) is 228 Å². The summed E-state index contributed by atoms with van der Waals surface area (Å²) in [6.07, 6.45) is 0. The highest BCUT2D eigenvalue weighted by Gasteiger charge is 2.18. The van der Waals surface area contributed by atoms with Crippen LogP contribution in [0.25, 0.3) is 93.6 Å². The summed E-state index contributed by atoms with van der Waals surface area (Å²) in [6.45, 7) is 0. The Morgan fingerprint density at radius 2 is 0.852 bits per heavy atom. The van der Waals surface area contributed by atoms with Gasteiger partial charge in [0.25, 0.3) is 0 Å². The lowest BCUT2D eigenvalue weighted by molar-refractivity contribution is 0.669. The van der Waals surface area contributed by atoms with Crippen LogP contribution in [0.15, 0.2) is 235 Å². The van der Waals surface area contributed by atoms with Gasteiger partial charge in [0.05, 0.1) is 16.7 Å². The first-order chi connectivity index (χ1) is 30.2. The molecule has 10 aromatic carbocycles. The highest BCUT2D eigenvalue weighted by molar-refractivity contribution is 6.10. The molecule has 0 aliphatic rings. The minimum atomic E-state index is 0.866. The highest BCUT2D eigenvalue weighted by atomic mass is 16.3. The fraction of sp³-hybridized carbons (Fsp3) is 0. The molecule has 2 aromatic heterocycles. The number of para-hydroxylation sites is 4. The van der Waals surface area contributed by atoms with Crippen molar-refractivity contribution in [2.75, 3.05) is 4.90 Å². The van der Waals surface area contributed by atoms with Crippen LogP contribution in [0.5, 0.6) is 0 Å². The van der Waals surface area contributed by atoms with Crippen molar-refractivity contribution in [3.63, 3.8) is 0 Å². The van der Waals surface area contributed by atoms with Gasteiger partial charge in [0, 0.05) is 50.2 Å². The first kappa shape index (κ1) is 34.9. The van der Waals surface area contributed by atoms with E-state index in [0.29, 0.717) is 0 Å². The molecule has 0 bridgehead atoms. The largest absolute Gasteiger partial charge is 0.456 e. The van der Waals surface area contributed by atoms with Gasteiger partial charge in [0.1, 0.15) is 11.2 Å². The third-order valence-corrected chi connectivity index (χ3v) is 12.2. The summed E-state index contributed by atoms with van der Waals surface area (Å²) in [4.78, 5) is 2.33. The van der Waals surface area contributed by atoms with E-state index in [1.54, 1.807) is 0 Å². The molecule has 0 aliphatic carbocycles. The zero-order valence-corrected chi connectivity index (χ0v) is 33.2. The normalized spacial score (nSPS) is 11.6. The average Bonchev–Trinajstić information content (AvgIpc) is 3.87. The molecular formula is C58H38N2O. The van der Waals surface area contributed by atoms with Crippen LogP contribution in [0, 0.1) is 0 Å². The fourth-order valence-electron chi connectivity index (χ4n) is 9.33. The van der Waals surface area contributed by atoms with Crippen LogP contribution in [-0.4, -0.2) is 4.57 Å². The summed E-state index contributed by atoms with van der Waals surface area (Å²) in [5.41, 5.74) is 15.6. The summed E-state index contributed by atoms with van der Waals surface area (Å²) in [6, 6.07) is 82.9. The van der Waals surface area contributed by atoms with Gasteiger partial charge in [-0.25, -0.2) is 0 Å². The van der Waals surface area contributed by atoms with Gasteiger partial charge in [-0.2, -0.15) is 0 Å². The summed E-state index contributed by atoms with van der Waals surface area (Å²) >= 11 is 0. The predicted molar refractivity (Wildman–Crippen MR) is 257 cm³/mol. The van der Waals surface area contributed by atoms with E-state index in [-0.39, 0.29) is 0 Å². The molecule has 0 unspecified atom stereocenters. The van der Waals surface area contributed by atoms with Crippen molar-refractivity contribution in [2.24, 2.45) is 0 Å². The molecule has 3 nitrogen and oxygen atoms in total. The molecule has 0 N–H and O–H groups in total. The quantitative estimate of drug-likeness (QED) is 0.161. The number of hydrogen-bond donors (Lipinski definition) is 0. The molecule has 2 heterocycles. The number of hydrogen-bond acceptors (Lipinski definition) is 2. The van der Waals surface area contributed by atoms with E-state index in [9.17, 15) is 0 Å². The number of furan rings is 1. The molecule has 286 valence electrons. The monoisotopic (exact) mass is 778 g/mol. The number of aromatic nitrogens is 1. The Kier molecular flexibility index (Phi) is 8.17. The second kappa shape index (κ2) is 14.3. The summed E-state index contributed by atoms with van der Waals surface area (Å²) in [7, 11) is 0. The number of rotatable bonds is 7. The Morgan fingerprint density at radius 1 is 0.311 bits per heavy atom. The second-order valence-electron chi connectivity index (χ2n) is 15.7. The topological polar surface area (TPSA) is 21.3 Å². The lowest BCUT2D eigenvalue weighted by Gasteiger charge is -2.26. The molecule has 61 heavy (non-hydrogen) atoms. The smallest absolute Gasteiger partial charge is 0.137 e. The first-order valence-electron chi connectivity index (χ1n) is 20.8. The van der Waals surface area contributed by atoms with Crippen molar-refractivity contribution in [1.29, 1.82) is 0 Å². The average molecular weight is 779 g/mol. The van der Waals surface area contributed by atoms with Crippen LogP contribution < -0.4 is 4.90 Å². The fourth-order valence-corrected chi connectivity index (χ4v) is 9.33. The van der Waals surface area contributed by atoms with Gasteiger partial charge in [-0.15, -0.1) is 0 Å². The molecule has 0 spiro atoms. The maximum absolute atomic E-state index is 6.41. The number of benzene rings is 10. The van der Waals surface area contributed by atoms with Crippen molar-refractivity contribution < 1.29 is 4.42 Å². The minimum absolute atomic E-state index is 0.866. The van der Waals surface area contributed by atoms with Crippen LogP contribution in [-0.2, 0) is 0 Å². The molecule has 0 atom stereocenters. The van der Waals surface area contributed by atoms with Crippen LogP contribution in [0.2, 0.25) is 0 Å². The maximum Gasteiger partial charge on any atom is 0.137 e. The molecule has 3 heteroatoms. The zero-order chi connectivity index (χ0) is 40.3. The molecule has 0 fully saturated rings. The molecular weight excluding hydrogens is 741 g/mol. The molecule has 0 amide bonds. The van der Waals surface area contributed by atoms with Crippen molar-refractivity contribution in [3.05, 3.63) is 231 Å². The van der Waals surface area contributed by atoms with Gasteiger partial charge in [0.2, 0.25) is 0 Å². The molecule has 0 radical (unpaired) electrons. The number of fused-ring (bicyclic) bond motifs is 7. The number of anilines is 3. The van der Waals surface area contributed by atoms with Crippen LogP contribution in [0.3, 0.4) is 0 Å². The molecule has 12 aromatic rings. The lowest BCUT2D eigenvalue weighted by Crippen LogP contribution is -2.10. The van der Waals surface area contributed by atoms with Crippen LogP contribution >= 0.6 is 0 Å². The summed E-state index contributed by atoms with van der Waals surface area (Å²) < 4.78 is 8.82. The third-order valence-electron chi connectivity index (χ3n) is 12.2. The van der Waals surface area contributed by atoms with Gasteiger partial charge in [-0.3, -0.25) is 0 Å². The molecule has 0 aliphatic heterocycles. The van der Waals surface area contributed by atoms with Crippen LogP contribution in [0.4, 0.5) is 17.1 Å². The van der Waals surface area contributed by atoms with Gasteiger partial charge in [-0.1, -0.05) is 164 Å². The highest BCUT2D eigenvalue weighted by Crippen LogP contribution is 2.42. The Labute approximate surface area is 353 Å². The Hall–Kier alpha value is -8.14. The standard InChI is InChI=1S/C58H38N2O/c1-2-17-47-41(13-1)14-12-22-48(47)43-15-11-16-45(37-43)59(46-35-36-53-52-21-6-10-26-57(52)61-58(53)38-46)44-33-31-40(32-34-44)39-27-29-42(30-28-39)49-18-3-7-23-54(49)60-55-24-8-4-19-50(55)51-20-5-9-25-56(51)60/h1-38H. The van der Waals surface area contributed by atoms with Crippen molar-refractivity contribution in [3.8, 4) is 39.1 Å². The van der Waals surface area contributed by atoms with E-state index in [1.807, 2.05) is 12.1 Å². The van der Waals surface area contributed by atoms with Gasteiger partial charge < -0.3 is 13.9 Å². The first-order valence-corrected chi connectivity index (χ1v) is 20.8. The predicted octanol–water partition coefficient (Wildman–Crippen LogP) is 16.3. The van der Waals surface area contributed by atoms with Crippen molar-refractivity contribution >= 4 is 71.6 Å². The van der Waals surface area contributed by atoms with E-state index >= 15 is 0 Å². The van der Waals surface area contributed by atoms with Gasteiger partial charge >= 0.3 is 0 Å². The Morgan fingerprint density at radius 3 is 1.64 bits per heavy atom. The van der Waals surface area contributed by atoms with Crippen molar-refractivity contribution in [1.82, 2.24) is 4.57 Å². The van der Waals surface area contributed by atoms with Gasteiger partial charge in [-0.05, 0) is 99.3 Å². The summed E-state index contributed by atoms with van der Waals surface area (Å²) in [5.74, 6) is 0. The van der Waals surface area contributed by atoms with E-state index in [4.69, 9.17) is 4.42 Å². The molecule has 0 saturated carbocycles. The van der Waals surface area contributed by atoms with Crippen LogP contribution in [0.1, 0.15) is 0 Å². The Balaban J connectivity index is 0.924. The SMILES string of the molecule is c1cc(-c2cccc3ccccc23)cc(N(c2ccc(-c3ccc(-c4ccccc4-n4c5ccccc5c5ccccc54)cc3)cc2)c2ccc3c(c2)oc2ccccc23)c1. The minimum Gasteiger partial charge on any atom is -0.456 e. The van der Waals surface area contributed by atoms with Crippen molar-refractivity contribution in [2.45, 2.75) is 0 Å².